The molecule has 2 aliphatic rings. The molecule has 1 heterocycles. The summed E-state index contributed by atoms with van der Waals surface area (Å²) >= 11 is 0. The van der Waals surface area contributed by atoms with Crippen molar-refractivity contribution in [1.82, 2.24) is 4.90 Å². The Kier molecular flexibility index (Phi) is 2.70. The minimum atomic E-state index is -0.424. The minimum absolute atomic E-state index is 0.0948. The molecular weight excluding hydrogens is 204 g/mol. The van der Waals surface area contributed by atoms with Gasteiger partial charge in [-0.1, -0.05) is 12.2 Å². The second-order valence-corrected chi connectivity index (χ2v) is 5.68. The third kappa shape index (κ3) is 2.21. The third-order valence-corrected chi connectivity index (χ3v) is 3.14. The van der Waals surface area contributed by atoms with Crippen molar-refractivity contribution >= 4 is 6.09 Å². The summed E-state index contributed by atoms with van der Waals surface area (Å²) in [5.74, 6) is 0.801. The third-order valence-electron chi connectivity index (χ3n) is 3.14. The molecule has 1 aliphatic heterocycles. The quantitative estimate of drug-likeness (QED) is 0.632. The summed E-state index contributed by atoms with van der Waals surface area (Å²) in [5, 5.41) is 0. The molecule has 1 fully saturated rings. The van der Waals surface area contributed by atoms with Crippen LogP contribution in [-0.4, -0.2) is 35.7 Å². The number of likely N-dealkylation sites (tertiary alicyclic amines) is 1. The lowest BCUT2D eigenvalue weighted by Gasteiger charge is -2.24. The van der Waals surface area contributed by atoms with Crippen molar-refractivity contribution < 1.29 is 9.53 Å². The van der Waals surface area contributed by atoms with Crippen LogP contribution >= 0.6 is 0 Å². The predicted octanol–water partition coefficient (Wildman–Crippen LogP) is 1.37. The highest BCUT2D eigenvalue weighted by molar-refractivity contribution is 5.68. The Hall–Kier alpha value is -1.03. The van der Waals surface area contributed by atoms with Crippen molar-refractivity contribution in [3.63, 3.8) is 0 Å². The van der Waals surface area contributed by atoms with Crippen LogP contribution in [-0.2, 0) is 4.74 Å². The monoisotopic (exact) mass is 224 g/mol. The first-order valence-corrected chi connectivity index (χ1v) is 5.78. The lowest BCUT2D eigenvalue weighted by Crippen LogP contribution is -2.37. The molecule has 2 rings (SSSR count). The first-order chi connectivity index (χ1) is 7.37. The molecule has 3 atom stereocenters. The van der Waals surface area contributed by atoms with Gasteiger partial charge < -0.3 is 15.4 Å². The van der Waals surface area contributed by atoms with Crippen LogP contribution in [0.25, 0.3) is 0 Å². The van der Waals surface area contributed by atoms with Crippen LogP contribution in [0.1, 0.15) is 20.8 Å². The van der Waals surface area contributed by atoms with Gasteiger partial charge in [0.15, 0.2) is 0 Å². The molecule has 0 aromatic carbocycles. The molecule has 1 saturated heterocycles. The van der Waals surface area contributed by atoms with Gasteiger partial charge in [0.25, 0.3) is 0 Å². The molecule has 0 aromatic rings. The maximum atomic E-state index is 11.8. The zero-order valence-corrected chi connectivity index (χ0v) is 10.1. The van der Waals surface area contributed by atoms with Crippen molar-refractivity contribution in [2.24, 2.45) is 17.6 Å². The molecule has 1 aliphatic carbocycles. The van der Waals surface area contributed by atoms with Crippen LogP contribution in [0.2, 0.25) is 0 Å². The molecule has 0 radical (unpaired) electrons. The van der Waals surface area contributed by atoms with Gasteiger partial charge in [0.05, 0.1) is 0 Å². The fourth-order valence-electron chi connectivity index (χ4n) is 2.35. The lowest BCUT2D eigenvalue weighted by atomic mass is 9.97. The van der Waals surface area contributed by atoms with Gasteiger partial charge in [-0.2, -0.15) is 0 Å². The summed E-state index contributed by atoms with van der Waals surface area (Å²) in [5.41, 5.74) is 5.52. The van der Waals surface area contributed by atoms with Crippen molar-refractivity contribution in [1.29, 1.82) is 0 Å². The molecule has 2 N–H and O–H groups in total. The molecular formula is C12H20N2O2. The number of rotatable bonds is 0. The molecule has 0 aromatic heterocycles. The van der Waals surface area contributed by atoms with Crippen LogP contribution in [0, 0.1) is 11.8 Å². The number of nitrogens with zero attached hydrogens (tertiary/aromatic N) is 1. The maximum absolute atomic E-state index is 11.8. The summed E-state index contributed by atoms with van der Waals surface area (Å²) in [7, 11) is 0. The molecule has 4 heteroatoms. The van der Waals surface area contributed by atoms with Gasteiger partial charge in [0, 0.05) is 31.0 Å². The second-order valence-electron chi connectivity index (χ2n) is 5.68. The van der Waals surface area contributed by atoms with E-state index in [9.17, 15) is 4.79 Å². The van der Waals surface area contributed by atoms with Gasteiger partial charge in [-0.25, -0.2) is 4.79 Å². The summed E-state index contributed by atoms with van der Waals surface area (Å²) in [6.45, 7) is 7.10. The molecule has 4 nitrogen and oxygen atoms in total. The van der Waals surface area contributed by atoms with Gasteiger partial charge >= 0.3 is 6.09 Å². The number of hydrogen-bond acceptors (Lipinski definition) is 3. The van der Waals surface area contributed by atoms with Gasteiger partial charge in [-0.05, 0) is 20.8 Å². The number of nitrogens with two attached hydrogens (primary N) is 1. The number of amides is 1. The Morgan fingerprint density at radius 3 is 2.62 bits per heavy atom. The second kappa shape index (κ2) is 3.77. The van der Waals surface area contributed by atoms with Crippen LogP contribution in [0.5, 0.6) is 0 Å². The Labute approximate surface area is 96.4 Å². The van der Waals surface area contributed by atoms with E-state index in [0.717, 1.165) is 6.54 Å². The van der Waals surface area contributed by atoms with Crippen molar-refractivity contribution in [3.05, 3.63) is 12.2 Å². The Morgan fingerprint density at radius 1 is 1.38 bits per heavy atom. The molecule has 16 heavy (non-hydrogen) atoms. The van der Waals surface area contributed by atoms with Crippen molar-refractivity contribution in [3.8, 4) is 0 Å². The summed E-state index contributed by atoms with van der Waals surface area (Å²) in [6, 6.07) is 0.0948. The van der Waals surface area contributed by atoms with E-state index >= 15 is 0 Å². The van der Waals surface area contributed by atoms with E-state index in [1.165, 1.54) is 0 Å². The average molecular weight is 224 g/mol. The maximum Gasteiger partial charge on any atom is 0.410 e. The zero-order valence-electron chi connectivity index (χ0n) is 10.1. The lowest BCUT2D eigenvalue weighted by molar-refractivity contribution is 0.0284. The van der Waals surface area contributed by atoms with Crippen LogP contribution in [0.3, 0.4) is 0 Å². The van der Waals surface area contributed by atoms with E-state index in [4.69, 9.17) is 10.5 Å². The first kappa shape index (κ1) is 11.5. The van der Waals surface area contributed by atoms with E-state index in [2.05, 4.69) is 6.08 Å². The fourth-order valence-corrected chi connectivity index (χ4v) is 2.35. The van der Waals surface area contributed by atoms with E-state index in [1.54, 1.807) is 4.90 Å². The van der Waals surface area contributed by atoms with E-state index in [1.807, 2.05) is 26.8 Å². The van der Waals surface area contributed by atoms with E-state index in [-0.39, 0.29) is 12.1 Å². The highest BCUT2D eigenvalue weighted by atomic mass is 16.6. The Morgan fingerprint density at radius 2 is 2.06 bits per heavy atom. The molecule has 0 spiro atoms. The molecule has 90 valence electrons. The predicted molar refractivity (Wildman–Crippen MR) is 61.9 cm³/mol. The topological polar surface area (TPSA) is 55.6 Å². The Balaban J connectivity index is 1.94. The summed E-state index contributed by atoms with van der Waals surface area (Å²) in [4.78, 5) is 13.6. The van der Waals surface area contributed by atoms with Crippen molar-refractivity contribution in [2.45, 2.75) is 32.4 Å². The normalized spacial score (nSPS) is 33.0. The van der Waals surface area contributed by atoms with Gasteiger partial charge in [-0.15, -0.1) is 0 Å². The van der Waals surface area contributed by atoms with Crippen LogP contribution in [0.4, 0.5) is 4.79 Å². The molecule has 0 unspecified atom stereocenters. The summed E-state index contributed by atoms with van der Waals surface area (Å²) < 4.78 is 5.34. The van der Waals surface area contributed by atoms with Crippen LogP contribution < -0.4 is 5.73 Å². The highest BCUT2D eigenvalue weighted by Gasteiger charge is 2.40. The summed E-state index contributed by atoms with van der Waals surface area (Å²) in [6.07, 6.45) is 3.95. The molecule has 0 saturated carbocycles. The number of hydrogen-bond donors (Lipinski definition) is 1. The average Bonchev–Trinajstić information content (AvgIpc) is 2.65. The van der Waals surface area contributed by atoms with Gasteiger partial charge in [-0.3, -0.25) is 0 Å². The van der Waals surface area contributed by atoms with Gasteiger partial charge in [0.2, 0.25) is 0 Å². The minimum Gasteiger partial charge on any atom is -0.444 e. The first-order valence-electron chi connectivity index (χ1n) is 5.78. The van der Waals surface area contributed by atoms with E-state index < -0.39 is 5.60 Å². The SMILES string of the molecule is CC(C)(C)OC(=O)N1C[C@H]2[C@H](N)C=C[C@H]2C1. The molecule has 0 bridgehead atoms. The van der Waals surface area contributed by atoms with Gasteiger partial charge in [0.1, 0.15) is 5.60 Å². The number of fused-ring (bicyclic) bond motifs is 1. The zero-order chi connectivity index (χ0) is 11.9. The number of carbonyl (C=O) groups excluding carboxylic acids is 1. The largest absolute Gasteiger partial charge is 0.444 e. The molecule has 1 amide bonds. The van der Waals surface area contributed by atoms with E-state index in [0.29, 0.717) is 18.4 Å². The smallest absolute Gasteiger partial charge is 0.410 e. The number of ether oxygens (including phenoxy) is 1. The fraction of sp³-hybridized carbons (Fsp3) is 0.750. The van der Waals surface area contributed by atoms with Crippen LogP contribution in [0.15, 0.2) is 12.2 Å². The number of carbonyl (C=O) groups is 1. The Bertz CT molecular complexity index is 319. The van der Waals surface area contributed by atoms with Crippen molar-refractivity contribution in [2.75, 3.05) is 13.1 Å². The standard InChI is InChI=1S/C12H20N2O2/c1-12(2,3)16-11(15)14-6-8-4-5-10(13)9(8)7-14/h4-5,8-10H,6-7,13H2,1-3H3/t8-,9+,10+/m0/s1. The highest BCUT2D eigenvalue weighted by Crippen LogP contribution is 2.32.